The van der Waals surface area contributed by atoms with Crippen LogP contribution in [0.5, 0.6) is 0 Å². The highest BCUT2D eigenvalue weighted by Gasteiger charge is 2.29. The van der Waals surface area contributed by atoms with Crippen LogP contribution in [0.3, 0.4) is 0 Å². The van der Waals surface area contributed by atoms with Crippen molar-refractivity contribution >= 4 is 9.84 Å². The van der Waals surface area contributed by atoms with E-state index in [9.17, 15) is 8.42 Å². The second-order valence-electron chi connectivity index (χ2n) is 5.43. The van der Waals surface area contributed by atoms with E-state index in [4.69, 9.17) is 10.5 Å². The minimum Gasteiger partial charge on any atom is -0.383 e. The molecule has 0 aromatic heterocycles. The van der Waals surface area contributed by atoms with E-state index in [1.807, 2.05) is 6.07 Å². The van der Waals surface area contributed by atoms with Gasteiger partial charge in [-0.05, 0) is 30.5 Å². The minimum absolute atomic E-state index is 0.140. The molecule has 0 saturated heterocycles. The van der Waals surface area contributed by atoms with Gasteiger partial charge in [0.15, 0.2) is 9.84 Å². The molecule has 0 heterocycles. The van der Waals surface area contributed by atoms with E-state index in [1.54, 1.807) is 25.3 Å². The summed E-state index contributed by atoms with van der Waals surface area (Å²) in [5.41, 5.74) is 6.41. The first-order valence-corrected chi connectivity index (χ1v) is 8.97. The summed E-state index contributed by atoms with van der Waals surface area (Å²) in [6.45, 7) is 2.34. The molecule has 5 nitrogen and oxygen atoms in total. The van der Waals surface area contributed by atoms with Crippen molar-refractivity contribution < 1.29 is 13.2 Å². The molecule has 1 fully saturated rings. The lowest BCUT2D eigenvalue weighted by atomic mass is 10.2. The second-order valence-corrected chi connectivity index (χ2v) is 7.54. The van der Waals surface area contributed by atoms with Crippen LogP contribution >= 0.6 is 0 Å². The van der Waals surface area contributed by atoms with Gasteiger partial charge in [-0.2, -0.15) is 0 Å². The topological polar surface area (TPSA) is 72.6 Å². The van der Waals surface area contributed by atoms with E-state index in [-0.39, 0.29) is 5.75 Å². The maximum absolute atomic E-state index is 12.4. The Hall–Kier alpha value is -0.950. The zero-order valence-corrected chi connectivity index (χ0v) is 13.3. The van der Waals surface area contributed by atoms with Crippen molar-refractivity contribution in [1.82, 2.24) is 4.90 Å². The van der Waals surface area contributed by atoms with Crippen LogP contribution in [0.2, 0.25) is 0 Å². The van der Waals surface area contributed by atoms with Crippen LogP contribution in [-0.2, 0) is 21.1 Å². The van der Waals surface area contributed by atoms with Gasteiger partial charge >= 0.3 is 0 Å². The van der Waals surface area contributed by atoms with E-state index in [2.05, 4.69) is 4.90 Å². The third-order valence-electron chi connectivity index (χ3n) is 3.79. The van der Waals surface area contributed by atoms with Crippen LogP contribution in [0.1, 0.15) is 18.4 Å². The summed E-state index contributed by atoms with van der Waals surface area (Å²) in [5, 5.41) is 0. The fourth-order valence-electron chi connectivity index (χ4n) is 2.35. The van der Waals surface area contributed by atoms with Crippen molar-refractivity contribution in [2.45, 2.75) is 30.3 Å². The van der Waals surface area contributed by atoms with Crippen molar-refractivity contribution in [3.05, 3.63) is 29.8 Å². The Labute approximate surface area is 127 Å². The van der Waals surface area contributed by atoms with Gasteiger partial charge in [0.1, 0.15) is 0 Å². The van der Waals surface area contributed by atoms with Gasteiger partial charge in [0.25, 0.3) is 0 Å². The van der Waals surface area contributed by atoms with Crippen LogP contribution in [0, 0.1) is 0 Å². The van der Waals surface area contributed by atoms with Crippen LogP contribution < -0.4 is 5.73 Å². The molecule has 6 heteroatoms. The monoisotopic (exact) mass is 312 g/mol. The number of sulfone groups is 1. The average Bonchev–Trinajstić information content (AvgIpc) is 3.32. The lowest BCUT2D eigenvalue weighted by molar-refractivity contribution is 0.147. The Balaban J connectivity index is 1.99. The summed E-state index contributed by atoms with van der Waals surface area (Å²) in [6, 6.07) is 7.44. The average molecular weight is 312 g/mol. The number of ether oxygens (including phenoxy) is 1. The van der Waals surface area contributed by atoms with Crippen LogP contribution in [-0.4, -0.2) is 51.9 Å². The number of hydrogen-bond acceptors (Lipinski definition) is 5. The van der Waals surface area contributed by atoms with Crippen LogP contribution in [0.4, 0.5) is 0 Å². The molecule has 0 unspecified atom stereocenters. The van der Waals surface area contributed by atoms with Crippen molar-refractivity contribution in [2.75, 3.05) is 32.6 Å². The molecule has 0 radical (unpaired) electrons. The normalized spacial score (nSPS) is 15.6. The highest BCUT2D eigenvalue weighted by atomic mass is 32.2. The van der Waals surface area contributed by atoms with Crippen molar-refractivity contribution in [3.8, 4) is 0 Å². The number of benzene rings is 1. The van der Waals surface area contributed by atoms with Gasteiger partial charge in [-0.15, -0.1) is 0 Å². The number of methoxy groups -OCH3 is 1. The molecule has 1 aromatic carbocycles. The fraction of sp³-hybridized carbons (Fsp3) is 0.600. The third-order valence-corrected chi connectivity index (χ3v) is 5.48. The maximum Gasteiger partial charge on any atom is 0.179 e. The lowest BCUT2D eigenvalue weighted by Gasteiger charge is -2.21. The predicted molar refractivity (Wildman–Crippen MR) is 82.9 cm³/mol. The molecule has 118 valence electrons. The predicted octanol–water partition coefficient (Wildman–Crippen LogP) is 1.03. The molecular weight excluding hydrogens is 288 g/mol. The molecule has 1 aliphatic rings. The van der Waals surface area contributed by atoms with E-state index in [0.29, 0.717) is 30.6 Å². The van der Waals surface area contributed by atoms with Crippen molar-refractivity contribution in [1.29, 1.82) is 0 Å². The molecule has 0 atom stereocenters. The molecule has 0 spiro atoms. The maximum atomic E-state index is 12.4. The summed E-state index contributed by atoms with van der Waals surface area (Å²) in [6.07, 6.45) is 2.32. The molecular formula is C15H24N2O3S. The molecule has 21 heavy (non-hydrogen) atoms. The Morgan fingerprint density at radius 2 is 2.10 bits per heavy atom. The molecule has 2 N–H and O–H groups in total. The lowest BCUT2D eigenvalue weighted by Crippen LogP contribution is -2.34. The number of rotatable bonds is 9. The molecule has 1 saturated carbocycles. The third kappa shape index (κ3) is 4.78. The van der Waals surface area contributed by atoms with Crippen LogP contribution in [0.15, 0.2) is 29.2 Å². The summed E-state index contributed by atoms with van der Waals surface area (Å²) >= 11 is 0. The standard InChI is InChI=1S/C15H24N2O3S/c1-20-9-7-17(14-5-6-14)8-10-21(18,19)15-4-2-3-13(11-15)12-16/h2-4,11,14H,5-10,12,16H2,1H3. The van der Waals surface area contributed by atoms with Crippen LogP contribution in [0.25, 0.3) is 0 Å². The molecule has 0 amide bonds. The summed E-state index contributed by atoms with van der Waals surface area (Å²) in [5.74, 6) is 0.140. The van der Waals surface area contributed by atoms with Gasteiger partial charge < -0.3 is 10.5 Å². The highest BCUT2D eigenvalue weighted by molar-refractivity contribution is 7.91. The molecule has 2 rings (SSSR count). The summed E-state index contributed by atoms with van der Waals surface area (Å²) in [4.78, 5) is 2.58. The number of nitrogens with two attached hydrogens (primary N) is 1. The van der Waals surface area contributed by atoms with Crippen molar-refractivity contribution in [2.24, 2.45) is 5.73 Å². The first kappa shape index (κ1) is 16.4. The Morgan fingerprint density at radius 3 is 2.71 bits per heavy atom. The quantitative estimate of drug-likeness (QED) is 0.737. The van der Waals surface area contributed by atoms with E-state index < -0.39 is 9.84 Å². The molecule has 1 aliphatic carbocycles. The Morgan fingerprint density at radius 1 is 1.33 bits per heavy atom. The van der Waals surface area contributed by atoms with E-state index in [1.165, 1.54) is 0 Å². The summed E-state index contributed by atoms with van der Waals surface area (Å²) < 4.78 is 29.9. The SMILES string of the molecule is COCCN(CCS(=O)(=O)c1cccc(CN)c1)C1CC1. The van der Waals surface area contributed by atoms with Gasteiger partial charge in [0, 0.05) is 32.8 Å². The fourth-order valence-corrected chi connectivity index (χ4v) is 3.67. The van der Waals surface area contributed by atoms with E-state index in [0.717, 1.165) is 24.9 Å². The zero-order valence-electron chi connectivity index (χ0n) is 12.5. The number of nitrogens with zero attached hydrogens (tertiary/aromatic N) is 1. The zero-order chi connectivity index (χ0) is 15.3. The largest absolute Gasteiger partial charge is 0.383 e. The second kappa shape index (κ2) is 7.35. The van der Waals surface area contributed by atoms with E-state index >= 15 is 0 Å². The smallest absolute Gasteiger partial charge is 0.179 e. The van der Waals surface area contributed by atoms with Gasteiger partial charge in [-0.25, -0.2) is 8.42 Å². The first-order chi connectivity index (χ1) is 10.1. The minimum atomic E-state index is -3.26. The van der Waals surface area contributed by atoms with Crippen molar-refractivity contribution in [3.63, 3.8) is 0 Å². The number of hydrogen-bond donors (Lipinski definition) is 1. The van der Waals surface area contributed by atoms with Gasteiger partial charge in [-0.3, -0.25) is 4.90 Å². The Kier molecular flexibility index (Phi) is 5.75. The molecule has 1 aromatic rings. The molecule has 0 aliphatic heterocycles. The van der Waals surface area contributed by atoms with Gasteiger partial charge in [0.2, 0.25) is 0 Å². The van der Waals surface area contributed by atoms with Gasteiger partial charge in [-0.1, -0.05) is 12.1 Å². The Bertz CT molecular complexity index is 556. The first-order valence-electron chi connectivity index (χ1n) is 7.31. The highest BCUT2D eigenvalue weighted by Crippen LogP contribution is 2.26. The summed E-state index contributed by atoms with van der Waals surface area (Å²) in [7, 11) is -1.59. The molecule has 0 bridgehead atoms. The van der Waals surface area contributed by atoms with Gasteiger partial charge in [0.05, 0.1) is 17.3 Å².